The van der Waals surface area contributed by atoms with Gasteiger partial charge in [-0.2, -0.15) is 0 Å². The topological polar surface area (TPSA) is 76.7 Å². The van der Waals surface area contributed by atoms with Crippen molar-refractivity contribution in [3.05, 3.63) is 40.4 Å². The second-order valence-electron chi connectivity index (χ2n) is 5.39. The molecule has 0 saturated heterocycles. The van der Waals surface area contributed by atoms with Crippen molar-refractivity contribution in [2.45, 2.75) is 27.3 Å². The molecule has 0 unspecified atom stereocenters. The van der Waals surface area contributed by atoms with Crippen LogP contribution in [-0.4, -0.2) is 21.5 Å². The minimum atomic E-state index is 0.150. The molecule has 1 heterocycles. The van der Waals surface area contributed by atoms with E-state index in [1.54, 1.807) is 28.9 Å². The Labute approximate surface area is 123 Å². The first kappa shape index (κ1) is 15.0. The Kier molecular flexibility index (Phi) is 4.57. The van der Waals surface area contributed by atoms with Crippen LogP contribution in [0.1, 0.15) is 25.1 Å². The van der Waals surface area contributed by atoms with Gasteiger partial charge in [0.2, 0.25) is 5.82 Å². The normalized spacial score (nSPS) is 10.9. The average molecular weight is 289 g/mol. The maximum Gasteiger partial charge on any atom is 0.217 e. The zero-order valence-electron chi connectivity index (χ0n) is 12.4. The van der Waals surface area contributed by atoms with E-state index in [0.29, 0.717) is 24.8 Å². The zero-order valence-corrected chi connectivity index (χ0v) is 12.4. The fraction of sp³-hybridized carbons (Fsp3) is 0.400. The van der Waals surface area contributed by atoms with E-state index < -0.39 is 0 Å². The molecule has 112 valence electrons. The van der Waals surface area contributed by atoms with E-state index in [2.05, 4.69) is 24.1 Å². The molecular weight excluding hydrogens is 270 g/mol. The van der Waals surface area contributed by atoms with Crippen LogP contribution in [0.3, 0.4) is 0 Å². The van der Waals surface area contributed by atoms with Gasteiger partial charge in [-0.25, -0.2) is 0 Å². The SMILES string of the molecule is Cc1cc(N=O)nn1Cc1cc(O)ccc1OCC(C)C. The summed E-state index contributed by atoms with van der Waals surface area (Å²) in [5, 5.41) is 16.6. The predicted molar refractivity (Wildman–Crippen MR) is 80.0 cm³/mol. The van der Waals surface area contributed by atoms with E-state index in [1.807, 2.05) is 6.92 Å². The summed E-state index contributed by atoms with van der Waals surface area (Å²) in [6.45, 7) is 6.98. The number of aromatic nitrogens is 2. The van der Waals surface area contributed by atoms with Crippen molar-refractivity contribution in [1.82, 2.24) is 9.78 Å². The molecule has 0 saturated carbocycles. The van der Waals surface area contributed by atoms with Gasteiger partial charge in [0.25, 0.3) is 0 Å². The molecule has 0 atom stereocenters. The lowest BCUT2D eigenvalue weighted by Crippen LogP contribution is -2.09. The number of nitroso groups, excluding NO2 is 1. The number of phenolic OH excluding ortho intramolecular Hbond substituents is 1. The third-order valence-corrected chi connectivity index (χ3v) is 3.00. The standard InChI is InChI=1S/C15H19N3O3/c1-10(2)9-21-14-5-4-13(19)7-12(14)8-18-11(3)6-15(16-18)17-20/h4-7,10,19H,8-9H2,1-3H3. The molecular formula is C15H19N3O3. The lowest BCUT2D eigenvalue weighted by molar-refractivity contribution is 0.267. The van der Waals surface area contributed by atoms with E-state index in [4.69, 9.17) is 4.74 Å². The molecule has 0 fully saturated rings. The molecule has 0 aliphatic heterocycles. The summed E-state index contributed by atoms with van der Waals surface area (Å²) in [6, 6.07) is 6.59. The summed E-state index contributed by atoms with van der Waals surface area (Å²) in [5.74, 6) is 1.43. The van der Waals surface area contributed by atoms with Crippen LogP contribution in [0.4, 0.5) is 5.82 Å². The van der Waals surface area contributed by atoms with Crippen molar-refractivity contribution in [3.63, 3.8) is 0 Å². The molecule has 0 aliphatic carbocycles. The van der Waals surface area contributed by atoms with Gasteiger partial charge in [-0.1, -0.05) is 13.8 Å². The van der Waals surface area contributed by atoms with Crippen LogP contribution in [0.5, 0.6) is 11.5 Å². The van der Waals surface area contributed by atoms with Gasteiger partial charge < -0.3 is 9.84 Å². The molecule has 6 nitrogen and oxygen atoms in total. The Hall–Kier alpha value is -2.37. The number of ether oxygens (including phenoxy) is 1. The molecule has 0 aliphatic rings. The van der Waals surface area contributed by atoms with Crippen molar-refractivity contribution in [3.8, 4) is 11.5 Å². The minimum Gasteiger partial charge on any atom is -0.508 e. The lowest BCUT2D eigenvalue weighted by atomic mass is 10.2. The first-order valence-corrected chi connectivity index (χ1v) is 6.82. The number of hydrogen-bond donors (Lipinski definition) is 1. The summed E-state index contributed by atoms with van der Waals surface area (Å²) in [4.78, 5) is 10.5. The first-order chi connectivity index (χ1) is 9.99. The fourth-order valence-corrected chi connectivity index (χ4v) is 1.95. The highest BCUT2D eigenvalue weighted by molar-refractivity contribution is 5.40. The van der Waals surface area contributed by atoms with Crippen LogP contribution in [0.25, 0.3) is 0 Å². The minimum absolute atomic E-state index is 0.150. The Bertz CT molecular complexity index is 635. The molecule has 2 aromatic rings. The smallest absolute Gasteiger partial charge is 0.217 e. The van der Waals surface area contributed by atoms with Gasteiger partial charge in [0, 0.05) is 17.3 Å². The summed E-state index contributed by atoms with van der Waals surface area (Å²) in [7, 11) is 0. The van der Waals surface area contributed by atoms with Crippen LogP contribution < -0.4 is 4.74 Å². The first-order valence-electron chi connectivity index (χ1n) is 6.82. The molecule has 0 bridgehead atoms. The van der Waals surface area contributed by atoms with Gasteiger partial charge in [-0.15, -0.1) is 10.0 Å². The van der Waals surface area contributed by atoms with Gasteiger partial charge >= 0.3 is 0 Å². The average Bonchev–Trinajstić information content (AvgIpc) is 2.78. The van der Waals surface area contributed by atoms with Crippen molar-refractivity contribution in [1.29, 1.82) is 0 Å². The number of aryl methyl sites for hydroxylation is 1. The highest BCUT2D eigenvalue weighted by Crippen LogP contribution is 2.26. The maximum atomic E-state index is 10.5. The monoisotopic (exact) mass is 289 g/mol. The number of phenols is 1. The van der Waals surface area contributed by atoms with E-state index in [9.17, 15) is 10.0 Å². The summed E-state index contributed by atoms with van der Waals surface area (Å²) in [5.41, 5.74) is 1.63. The van der Waals surface area contributed by atoms with Gasteiger partial charge in [-0.3, -0.25) is 4.68 Å². The van der Waals surface area contributed by atoms with Crippen LogP contribution in [-0.2, 0) is 6.54 Å². The third-order valence-electron chi connectivity index (χ3n) is 3.00. The number of hydrogen-bond acceptors (Lipinski definition) is 5. The maximum absolute atomic E-state index is 10.5. The quantitative estimate of drug-likeness (QED) is 0.827. The van der Waals surface area contributed by atoms with Crippen LogP contribution >= 0.6 is 0 Å². The largest absolute Gasteiger partial charge is 0.508 e. The van der Waals surface area contributed by atoms with Crippen molar-refractivity contribution < 1.29 is 9.84 Å². The molecule has 21 heavy (non-hydrogen) atoms. The van der Waals surface area contributed by atoms with Crippen molar-refractivity contribution in [2.75, 3.05) is 6.61 Å². The lowest BCUT2D eigenvalue weighted by Gasteiger charge is -2.14. The molecule has 1 aromatic heterocycles. The highest BCUT2D eigenvalue weighted by atomic mass is 16.5. The second-order valence-corrected chi connectivity index (χ2v) is 5.39. The number of aromatic hydroxyl groups is 1. The van der Waals surface area contributed by atoms with Gasteiger partial charge in [0.15, 0.2) is 0 Å². The summed E-state index contributed by atoms with van der Waals surface area (Å²) in [6.07, 6.45) is 0. The summed E-state index contributed by atoms with van der Waals surface area (Å²) < 4.78 is 7.42. The van der Waals surface area contributed by atoms with E-state index in [-0.39, 0.29) is 11.6 Å². The Balaban J connectivity index is 2.26. The molecule has 0 radical (unpaired) electrons. The molecule has 1 aromatic carbocycles. The van der Waals surface area contributed by atoms with Gasteiger partial charge in [-0.05, 0) is 36.2 Å². The Morgan fingerprint density at radius 1 is 1.38 bits per heavy atom. The summed E-state index contributed by atoms with van der Waals surface area (Å²) >= 11 is 0. The molecule has 2 rings (SSSR count). The molecule has 0 spiro atoms. The third kappa shape index (κ3) is 3.81. The molecule has 1 N–H and O–H groups in total. The van der Waals surface area contributed by atoms with Crippen molar-refractivity contribution in [2.24, 2.45) is 11.1 Å². The second kappa shape index (κ2) is 6.39. The predicted octanol–water partition coefficient (Wildman–Crippen LogP) is 3.38. The van der Waals surface area contributed by atoms with Gasteiger partial charge in [0.1, 0.15) is 11.5 Å². The number of benzene rings is 1. The number of nitrogens with zero attached hydrogens (tertiary/aromatic N) is 3. The van der Waals surface area contributed by atoms with E-state index >= 15 is 0 Å². The van der Waals surface area contributed by atoms with Crippen molar-refractivity contribution >= 4 is 5.82 Å². The van der Waals surface area contributed by atoms with Gasteiger partial charge in [0.05, 0.1) is 13.2 Å². The van der Waals surface area contributed by atoms with E-state index in [0.717, 1.165) is 11.3 Å². The molecule has 6 heteroatoms. The Morgan fingerprint density at radius 2 is 2.14 bits per heavy atom. The number of rotatable bonds is 6. The van der Waals surface area contributed by atoms with Crippen LogP contribution in [0, 0.1) is 17.7 Å². The fourth-order valence-electron chi connectivity index (χ4n) is 1.95. The molecule has 0 amide bonds. The highest BCUT2D eigenvalue weighted by Gasteiger charge is 2.10. The van der Waals surface area contributed by atoms with E-state index in [1.165, 1.54) is 0 Å². The van der Waals surface area contributed by atoms with Crippen LogP contribution in [0.2, 0.25) is 0 Å². The van der Waals surface area contributed by atoms with Crippen LogP contribution in [0.15, 0.2) is 29.4 Å². The zero-order chi connectivity index (χ0) is 15.4. The Morgan fingerprint density at radius 3 is 2.76 bits per heavy atom.